The van der Waals surface area contributed by atoms with Crippen molar-refractivity contribution in [3.63, 3.8) is 0 Å². The van der Waals surface area contributed by atoms with E-state index in [-0.39, 0.29) is 19.4 Å². The molecule has 8 nitrogen and oxygen atoms in total. The Morgan fingerprint density at radius 1 is 1.22 bits per heavy atom. The highest BCUT2D eigenvalue weighted by atomic mass is 32.2. The summed E-state index contributed by atoms with van der Waals surface area (Å²) in [6.07, 6.45) is 8.68. The number of aromatic nitrogens is 3. The SMILES string of the molecule is Cc1c(-c2cnn(C3CC3)c2)cnc(N2CCCC(F)(F)CC2)c1C(=O)Nc1cccc(S(C)(=N)=O)c1. The van der Waals surface area contributed by atoms with E-state index < -0.39 is 21.6 Å². The van der Waals surface area contributed by atoms with Gasteiger partial charge in [0.05, 0.1) is 27.5 Å². The van der Waals surface area contributed by atoms with E-state index in [4.69, 9.17) is 4.78 Å². The smallest absolute Gasteiger partial charge is 0.259 e. The molecule has 2 aromatic heterocycles. The van der Waals surface area contributed by atoms with Crippen molar-refractivity contribution in [3.05, 3.63) is 54.0 Å². The number of nitrogens with zero attached hydrogens (tertiary/aromatic N) is 4. The van der Waals surface area contributed by atoms with Gasteiger partial charge in [-0.25, -0.2) is 22.8 Å². The summed E-state index contributed by atoms with van der Waals surface area (Å²) in [5.41, 5.74) is 2.95. The van der Waals surface area contributed by atoms with Gasteiger partial charge in [0.2, 0.25) is 5.92 Å². The van der Waals surface area contributed by atoms with Crippen molar-refractivity contribution in [2.24, 2.45) is 0 Å². The van der Waals surface area contributed by atoms with Crippen LogP contribution < -0.4 is 10.2 Å². The number of halogens is 2. The standard InChI is InChI=1S/C26H30F2N6O2S/c1-17-22(18-14-31-34(16-18)20-7-8-20)15-30-24(33-11-4-9-26(27,28)10-12-33)23(17)25(35)32-19-5-3-6-21(13-19)37(2,29)36/h3,5-6,13-16,20,29H,4,7-12H2,1-2H3,(H,32,35). The summed E-state index contributed by atoms with van der Waals surface area (Å²) in [5, 5.41) is 7.31. The van der Waals surface area contributed by atoms with Crippen molar-refractivity contribution < 1.29 is 17.8 Å². The van der Waals surface area contributed by atoms with Crippen LogP contribution in [0.15, 0.2) is 47.8 Å². The molecule has 2 aliphatic rings. The van der Waals surface area contributed by atoms with Crippen LogP contribution in [0.4, 0.5) is 20.3 Å². The zero-order valence-corrected chi connectivity index (χ0v) is 21.7. The largest absolute Gasteiger partial charge is 0.356 e. The summed E-state index contributed by atoms with van der Waals surface area (Å²) in [5.74, 6) is -2.83. The molecule has 1 unspecified atom stereocenters. The third-order valence-corrected chi connectivity index (χ3v) is 8.09. The highest BCUT2D eigenvalue weighted by Gasteiger charge is 2.34. The maximum Gasteiger partial charge on any atom is 0.259 e. The summed E-state index contributed by atoms with van der Waals surface area (Å²) in [6, 6.07) is 6.80. The average Bonchev–Trinajstić information content (AvgIpc) is 3.60. The average molecular weight is 529 g/mol. The first-order valence-corrected chi connectivity index (χ1v) is 14.3. The van der Waals surface area contributed by atoms with Crippen LogP contribution in [0.2, 0.25) is 0 Å². The quantitative estimate of drug-likeness (QED) is 0.440. The zero-order chi connectivity index (χ0) is 26.4. The Morgan fingerprint density at radius 3 is 2.73 bits per heavy atom. The van der Waals surface area contributed by atoms with Gasteiger partial charge < -0.3 is 10.2 Å². The van der Waals surface area contributed by atoms with Gasteiger partial charge in [0.15, 0.2) is 0 Å². The summed E-state index contributed by atoms with van der Waals surface area (Å²) in [6.45, 7) is 2.29. The second-order valence-electron chi connectivity index (χ2n) is 9.96. The molecule has 5 rings (SSSR count). The van der Waals surface area contributed by atoms with Crippen LogP contribution in [0.3, 0.4) is 0 Å². The Morgan fingerprint density at radius 2 is 2.00 bits per heavy atom. The number of rotatable bonds is 6. The second kappa shape index (κ2) is 9.51. The van der Waals surface area contributed by atoms with Gasteiger partial charge in [-0.3, -0.25) is 9.48 Å². The second-order valence-corrected chi connectivity index (χ2v) is 12.1. The van der Waals surface area contributed by atoms with Crippen LogP contribution in [0.1, 0.15) is 54.1 Å². The lowest BCUT2D eigenvalue weighted by Crippen LogP contribution is -2.30. The molecule has 0 radical (unpaired) electrons. The molecule has 2 N–H and O–H groups in total. The fourth-order valence-electron chi connectivity index (χ4n) is 4.69. The number of benzene rings is 1. The Bertz CT molecular complexity index is 1450. The minimum atomic E-state index is -2.97. The van der Waals surface area contributed by atoms with Crippen LogP contribution in [-0.2, 0) is 9.73 Å². The normalized spacial score (nSPS) is 19.2. The Hall–Kier alpha value is -3.34. The number of pyridine rings is 1. The molecule has 1 saturated heterocycles. The molecule has 0 spiro atoms. The van der Waals surface area contributed by atoms with E-state index in [1.807, 2.05) is 17.8 Å². The van der Waals surface area contributed by atoms with E-state index in [0.29, 0.717) is 46.5 Å². The molecular weight excluding hydrogens is 498 g/mol. The number of anilines is 2. The highest BCUT2D eigenvalue weighted by molar-refractivity contribution is 7.91. The minimum absolute atomic E-state index is 0.0882. The van der Waals surface area contributed by atoms with Gasteiger partial charge >= 0.3 is 0 Å². The van der Waals surface area contributed by atoms with Crippen molar-refractivity contribution in [2.75, 3.05) is 29.6 Å². The van der Waals surface area contributed by atoms with Crippen LogP contribution in [-0.4, -0.2) is 50.1 Å². The van der Waals surface area contributed by atoms with E-state index >= 15 is 0 Å². The lowest BCUT2D eigenvalue weighted by Gasteiger charge is -2.26. The number of hydrogen-bond donors (Lipinski definition) is 2. The fourth-order valence-corrected chi connectivity index (χ4v) is 5.38. The highest BCUT2D eigenvalue weighted by Crippen LogP contribution is 2.37. The monoisotopic (exact) mass is 528 g/mol. The van der Waals surface area contributed by atoms with E-state index in [0.717, 1.165) is 24.0 Å². The first kappa shape index (κ1) is 25.3. The first-order chi connectivity index (χ1) is 17.5. The number of carbonyl (C=O) groups excluding carboxylic acids is 1. The first-order valence-electron chi connectivity index (χ1n) is 12.3. The van der Waals surface area contributed by atoms with Crippen LogP contribution in [0.5, 0.6) is 0 Å². The molecule has 1 aliphatic heterocycles. The molecule has 1 amide bonds. The van der Waals surface area contributed by atoms with E-state index in [2.05, 4.69) is 15.4 Å². The van der Waals surface area contributed by atoms with Gasteiger partial charge in [0.25, 0.3) is 5.91 Å². The maximum atomic E-state index is 14.1. The summed E-state index contributed by atoms with van der Waals surface area (Å²) in [7, 11) is -2.97. The van der Waals surface area contributed by atoms with Gasteiger partial charge in [0.1, 0.15) is 5.82 Å². The van der Waals surface area contributed by atoms with Gasteiger partial charge in [-0.05, 0) is 49.9 Å². The lowest BCUT2D eigenvalue weighted by molar-refractivity contribution is -0.0102. The predicted molar refractivity (Wildman–Crippen MR) is 139 cm³/mol. The number of carbonyl (C=O) groups is 1. The summed E-state index contributed by atoms with van der Waals surface area (Å²) in [4.78, 5) is 20.4. The molecular formula is C26H30F2N6O2S. The van der Waals surface area contributed by atoms with Gasteiger partial charge in [-0.15, -0.1) is 0 Å². The fraction of sp³-hybridized carbons (Fsp3) is 0.423. The maximum absolute atomic E-state index is 14.1. The van der Waals surface area contributed by atoms with Crippen LogP contribution in [0, 0.1) is 11.7 Å². The lowest BCUT2D eigenvalue weighted by atomic mass is 9.99. The van der Waals surface area contributed by atoms with Crippen molar-refractivity contribution in [1.82, 2.24) is 14.8 Å². The van der Waals surface area contributed by atoms with E-state index in [9.17, 15) is 17.8 Å². The molecule has 11 heteroatoms. The number of alkyl halides is 2. The summed E-state index contributed by atoms with van der Waals surface area (Å²) < 4.78 is 50.2. The molecule has 1 atom stereocenters. The molecule has 2 fully saturated rings. The topological polar surface area (TPSA) is 104 Å². The van der Waals surface area contributed by atoms with Crippen molar-refractivity contribution in [1.29, 1.82) is 4.78 Å². The van der Waals surface area contributed by atoms with Gasteiger partial charge in [0, 0.05) is 66.3 Å². The molecule has 196 valence electrons. The zero-order valence-electron chi connectivity index (χ0n) is 20.8. The Balaban J connectivity index is 1.54. The third-order valence-electron chi connectivity index (χ3n) is 6.94. The minimum Gasteiger partial charge on any atom is -0.356 e. The molecule has 0 bridgehead atoms. The molecule has 3 heterocycles. The molecule has 37 heavy (non-hydrogen) atoms. The number of amides is 1. The Kier molecular flexibility index (Phi) is 6.51. The summed E-state index contributed by atoms with van der Waals surface area (Å²) >= 11 is 0. The third kappa shape index (κ3) is 5.51. The van der Waals surface area contributed by atoms with Crippen molar-refractivity contribution in [3.8, 4) is 11.1 Å². The molecule has 1 saturated carbocycles. The van der Waals surface area contributed by atoms with Crippen LogP contribution >= 0.6 is 0 Å². The van der Waals surface area contributed by atoms with Crippen LogP contribution in [0.25, 0.3) is 11.1 Å². The van der Waals surface area contributed by atoms with Gasteiger partial charge in [-0.1, -0.05) is 6.07 Å². The van der Waals surface area contributed by atoms with E-state index in [1.165, 1.54) is 12.3 Å². The van der Waals surface area contributed by atoms with Crippen molar-refractivity contribution in [2.45, 2.75) is 55.9 Å². The number of hydrogen-bond acceptors (Lipinski definition) is 6. The molecule has 1 aromatic carbocycles. The Labute approximate surface area is 215 Å². The predicted octanol–water partition coefficient (Wildman–Crippen LogP) is 5.50. The van der Waals surface area contributed by atoms with E-state index in [1.54, 1.807) is 35.5 Å². The number of nitrogens with one attached hydrogen (secondary N) is 2. The van der Waals surface area contributed by atoms with Gasteiger partial charge in [-0.2, -0.15) is 5.10 Å². The van der Waals surface area contributed by atoms with Crippen molar-refractivity contribution >= 4 is 27.1 Å². The molecule has 1 aliphatic carbocycles. The molecule has 3 aromatic rings.